The van der Waals surface area contributed by atoms with Crippen molar-refractivity contribution in [3.63, 3.8) is 0 Å². The van der Waals surface area contributed by atoms with E-state index in [0.29, 0.717) is 38.2 Å². The molecule has 0 unspecified atom stereocenters. The number of amides is 1. The zero-order valence-electron chi connectivity index (χ0n) is 17.1. The lowest BCUT2D eigenvalue weighted by molar-refractivity contribution is 0.0755. The van der Waals surface area contributed by atoms with Crippen LogP contribution in [-0.2, 0) is 24.3 Å². The Morgan fingerprint density at radius 3 is 2.80 bits per heavy atom. The summed E-state index contributed by atoms with van der Waals surface area (Å²) in [6.45, 7) is 2.26. The van der Waals surface area contributed by atoms with Crippen LogP contribution >= 0.6 is 0 Å². The van der Waals surface area contributed by atoms with E-state index in [4.69, 9.17) is 9.47 Å². The number of methoxy groups -OCH3 is 2. The molecule has 0 radical (unpaired) electrons. The minimum absolute atomic E-state index is 0.166. The van der Waals surface area contributed by atoms with Gasteiger partial charge in [0, 0.05) is 44.8 Å². The summed E-state index contributed by atoms with van der Waals surface area (Å²) in [7, 11) is 3.12. The highest BCUT2D eigenvalue weighted by Gasteiger charge is 2.24. The van der Waals surface area contributed by atoms with Crippen LogP contribution in [0.4, 0.5) is 4.39 Å². The van der Waals surface area contributed by atoms with E-state index in [1.807, 2.05) is 18.3 Å². The van der Waals surface area contributed by atoms with Crippen molar-refractivity contribution >= 4 is 5.91 Å². The minimum atomic E-state index is -0.431. The van der Waals surface area contributed by atoms with Crippen LogP contribution < -0.4 is 4.74 Å². The third-order valence-corrected chi connectivity index (χ3v) is 5.35. The summed E-state index contributed by atoms with van der Waals surface area (Å²) in [5.41, 5.74) is 3.56. The quantitative estimate of drug-likeness (QED) is 0.647. The SMILES string of the molecule is COCc1cccc(-c2cnc3n2CCN(C(=O)c2ccc(F)cc2OC)CC3)c1. The normalized spacial score (nSPS) is 13.6. The van der Waals surface area contributed by atoms with Crippen LogP contribution in [-0.4, -0.2) is 47.7 Å². The molecule has 2 aromatic carbocycles. The first-order chi connectivity index (χ1) is 14.6. The highest BCUT2D eigenvalue weighted by atomic mass is 19.1. The van der Waals surface area contributed by atoms with Gasteiger partial charge in [0.25, 0.3) is 5.91 Å². The predicted molar refractivity (Wildman–Crippen MR) is 111 cm³/mol. The van der Waals surface area contributed by atoms with Gasteiger partial charge in [-0.05, 0) is 23.8 Å². The fraction of sp³-hybridized carbons (Fsp3) is 0.304. The molecule has 1 aliphatic rings. The number of rotatable bonds is 5. The third-order valence-electron chi connectivity index (χ3n) is 5.35. The Balaban J connectivity index is 1.56. The maximum absolute atomic E-state index is 13.5. The molecule has 7 heteroatoms. The smallest absolute Gasteiger partial charge is 0.257 e. The first-order valence-electron chi connectivity index (χ1n) is 9.86. The number of carbonyl (C=O) groups is 1. The van der Waals surface area contributed by atoms with Gasteiger partial charge in [-0.25, -0.2) is 9.37 Å². The largest absolute Gasteiger partial charge is 0.496 e. The van der Waals surface area contributed by atoms with E-state index in [1.54, 1.807) is 12.0 Å². The molecule has 3 aromatic rings. The summed E-state index contributed by atoms with van der Waals surface area (Å²) >= 11 is 0. The molecule has 1 amide bonds. The molecule has 0 atom stereocenters. The molecule has 0 saturated carbocycles. The molecule has 0 saturated heterocycles. The van der Waals surface area contributed by atoms with Crippen LogP contribution in [0.2, 0.25) is 0 Å². The summed E-state index contributed by atoms with van der Waals surface area (Å²) in [5, 5.41) is 0. The topological polar surface area (TPSA) is 56.6 Å². The van der Waals surface area contributed by atoms with E-state index in [0.717, 1.165) is 22.6 Å². The van der Waals surface area contributed by atoms with Gasteiger partial charge in [0.05, 0.1) is 31.2 Å². The van der Waals surface area contributed by atoms with E-state index in [9.17, 15) is 9.18 Å². The van der Waals surface area contributed by atoms with Crippen molar-refractivity contribution in [2.75, 3.05) is 27.3 Å². The van der Waals surface area contributed by atoms with E-state index in [1.165, 1.54) is 25.3 Å². The number of carbonyl (C=O) groups excluding carboxylic acids is 1. The Bertz CT molecular complexity index is 1060. The molecule has 4 rings (SSSR count). The van der Waals surface area contributed by atoms with Crippen molar-refractivity contribution < 1.29 is 18.7 Å². The number of imidazole rings is 1. The van der Waals surface area contributed by atoms with Crippen molar-refractivity contribution in [3.8, 4) is 17.0 Å². The molecule has 0 bridgehead atoms. The van der Waals surface area contributed by atoms with Crippen molar-refractivity contribution in [3.05, 3.63) is 71.4 Å². The maximum Gasteiger partial charge on any atom is 0.257 e. The fourth-order valence-corrected chi connectivity index (χ4v) is 3.86. The van der Waals surface area contributed by atoms with Crippen LogP contribution in [0, 0.1) is 5.82 Å². The van der Waals surface area contributed by atoms with Crippen LogP contribution in [0.1, 0.15) is 21.7 Å². The molecule has 0 fully saturated rings. The summed E-state index contributed by atoms with van der Waals surface area (Å²) in [4.78, 5) is 19.4. The van der Waals surface area contributed by atoms with Gasteiger partial charge < -0.3 is 18.9 Å². The molecule has 156 valence electrons. The van der Waals surface area contributed by atoms with Gasteiger partial charge >= 0.3 is 0 Å². The number of hydrogen-bond donors (Lipinski definition) is 0. The fourth-order valence-electron chi connectivity index (χ4n) is 3.86. The highest BCUT2D eigenvalue weighted by molar-refractivity contribution is 5.97. The molecular formula is C23H24FN3O3. The van der Waals surface area contributed by atoms with Gasteiger partial charge in [0.15, 0.2) is 0 Å². The number of fused-ring (bicyclic) bond motifs is 1. The zero-order valence-corrected chi connectivity index (χ0v) is 17.1. The van der Waals surface area contributed by atoms with Crippen molar-refractivity contribution in [2.45, 2.75) is 19.6 Å². The molecule has 0 spiro atoms. The predicted octanol–water partition coefficient (Wildman–Crippen LogP) is 3.54. The summed E-state index contributed by atoms with van der Waals surface area (Å²) in [5.74, 6) is 0.599. The Kier molecular flexibility index (Phi) is 5.81. The molecule has 30 heavy (non-hydrogen) atoms. The third kappa shape index (κ3) is 3.93. The zero-order chi connectivity index (χ0) is 21.1. The lowest BCUT2D eigenvalue weighted by Crippen LogP contribution is -2.34. The second kappa shape index (κ2) is 8.67. The van der Waals surface area contributed by atoms with Gasteiger partial charge in [-0.15, -0.1) is 0 Å². The van der Waals surface area contributed by atoms with Gasteiger partial charge in [0.1, 0.15) is 17.4 Å². The number of ether oxygens (including phenoxy) is 2. The van der Waals surface area contributed by atoms with Gasteiger partial charge in [0.2, 0.25) is 0 Å². The van der Waals surface area contributed by atoms with Crippen molar-refractivity contribution in [1.82, 2.24) is 14.5 Å². The van der Waals surface area contributed by atoms with Crippen LogP contribution in [0.3, 0.4) is 0 Å². The van der Waals surface area contributed by atoms with Gasteiger partial charge in [-0.3, -0.25) is 4.79 Å². The van der Waals surface area contributed by atoms with E-state index < -0.39 is 5.82 Å². The average molecular weight is 409 g/mol. The molecule has 0 aliphatic carbocycles. The van der Waals surface area contributed by atoms with Crippen LogP contribution in [0.25, 0.3) is 11.3 Å². The summed E-state index contributed by atoms with van der Waals surface area (Å²) in [6, 6.07) is 12.2. The van der Waals surface area contributed by atoms with E-state index >= 15 is 0 Å². The Hall–Kier alpha value is -3.19. The lowest BCUT2D eigenvalue weighted by atomic mass is 10.1. The van der Waals surface area contributed by atoms with Gasteiger partial charge in [-0.1, -0.05) is 18.2 Å². The highest BCUT2D eigenvalue weighted by Crippen LogP contribution is 2.26. The first-order valence-corrected chi connectivity index (χ1v) is 9.86. The molecule has 1 aromatic heterocycles. The van der Waals surface area contributed by atoms with Crippen molar-refractivity contribution in [1.29, 1.82) is 0 Å². The molecule has 2 heterocycles. The second-order valence-electron chi connectivity index (χ2n) is 7.23. The minimum Gasteiger partial charge on any atom is -0.496 e. The Labute approximate surface area is 174 Å². The first kappa shape index (κ1) is 20.1. The number of benzene rings is 2. The molecule has 0 N–H and O–H groups in total. The average Bonchev–Trinajstić information content (AvgIpc) is 3.05. The summed E-state index contributed by atoms with van der Waals surface area (Å²) in [6.07, 6.45) is 2.54. The van der Waals surface area contributed by atoms with E-state index in [-0.39, 0.29) is 11.7 Å². The van der Waals surface area contributed by atoms with Crippen LogP contribution in [0.15, 0.2) is 48.7 Å². The van der Waals surface area contributed by atoms with E-state index in [2.05, 4.69) is 21.7 Å². The van der Waals surface area contributed by atoms with Crippen LogP contribution in [0.5, 0.6) is 5.75 Å². The second-order valence-corrected chi connectivity index (χ2v) is 7.23. The number of hydrogen-bond acceptors (Lipinski definition) is 4. The summed E-state index contributed by atoms with van der Waals surface area (Å²) < 4.78 is 26.1. The number of nitrogens with zero attached hydrogens (tertiary/aromatic N) is 3. The molecule has 1 aliphatic heterocycles. The van der Waals surface area contributed by atoms with Crippen molar-refractivity contribution in [2.24, 2.45) is 0 Å². The number of aromatic nitrogens is 2. The van der Waals surface area contributed by atoms with Gasteiger partial charge in [-0.2, -0.15) is 0 Å². The standard InChI is InChI=1S/C23H24FN3O3/c1-29-15-16-4-3-5-17(12-16)20-14-25-22-8-9-26(10-11-27(20)22)23(28)19-7-6-18(24)13-21(19)30-2/h3-7,12-14H,8-11,15H2,1-2H3. The number of halogens is 1. The Morgan fingerprint density at radius 1 is 1.13 bits per heavy atom. The maximum atomic E-state index is 13.5. The monoisotopic (exact) mass is 409 g/mol. The Morgan fingerprint density at radius 2 is 2.00 bits per heavy atom. The lowest BCUT2D eigenvalue weighted by Gasteiger charge is -2.21. The molecular weight excluding hydrogens is 385 g/mol. The molecule has 6 nitrogen and oxygen atoms in total.